The molecule has 0 spiro atoms. The summed E-state index contributed by atoms with van der Waals surface area (Å²) in [6.45, 7) is 4.79. The van der Waals surface area contributed by atoms with Gasteiger partial charge in [0.05, 0.1) is 19.3 Å². The molecule has 0 aliphatic heterocycles. The van der Waals surface area contributed by atoms with Crippen molar-refractivity contribution in [3.05, 3.63) is 65.7 Å². The zero-order chi connectivity index (χ0) is 26.2. The topological polar surface area (TPSA) is 132 Å². The van der Waals surface area contributed by atoms with Crippen LogP contribution in [0.15, 0.2) is 54.6 Å². The number of unbranched alkanes of at least 4 members (excludes halogenated alkanes) is 1. The lowest BCUT2D eigenvalue weighted by Crippen LogP contribution is -2.46. The lowest BCUT2D eigenvalue weighted by molar-refractivity contribution is -0.128. The number of nitrogens with one attached hydrogen (secondary N) is 3. The predicted octanol–water partition coefficient (Wildman–Crippen LogP) is 2.06. The van der Waals surface area contributed by atoms with E-state index in [1.54, 1.807) is 0 Å². The van der Waals surface area contributed by atoms with Gasteiger partial charge in [-0.15, -0.1) is 0 Å². The summed E-state index contributed by atoms with van der Waals surface area (Å²) in [4.78, 5) is 34.7. The summed E-state index contributed by atoms with van der Waals surface area (Å²) >= 11 is 0. The molecule has 2 aromatic carbocycles. The molecule has 5 N–H and O–H groups in total. The summed E-state index contributed by atoms with van der Waals surface area (Å²) in [5, 5.41) is 8.17. The van der Waals surface area contributed by atoms with Crippen LogP contribution < -0.4 is 26.4 Å². The minimum Gasteiger partial charge on any atom is -0.491 e. The van der Waals surface area contributed by atoms with Gasteiger partial charge in [0.15, 0.2) is 0 Å². The number of hydrogen-bond acceptors (Lipinski definition) is 6. The van der Waals surface area contributed by atoms with Gasteiger partial charge >= 0.3 is 0 Å². The highest BCUT2D eigenvalue weighted by atomic mass is 16.5. The Kier molecular flexibility index (Phi) is 13.0. The number of nitrogens with two attached hydrogens (primary N) is 1. The zero-order valence-electron chi connectivity index (χ0n) is 21.1. The van der Waals surface area contributed by atoms with E-state index >= 15 is 0 Å². The molecule has 9 nitrogen and oxygen atoms in total. The monoisotopic (exact) mass is 498 g/mol. The number of carbonyl (C=O) groups is 3. The van der Waals surface area contributed by atoms with Crippen LogP contribution in [0, 0.1) is 0 Å². The molecular weight excluding hydrogens is 460 g/mol. The first-order valence-electron chi connectivity index (χ1n) is 12.3. The molecule has 2 atom stereocenters. The quantitative estimate of drug-likeness (QED) is 0.262. The molecule has 0 aliphatic rings. The fourth-order valence-electron chi connectivity index (χ4n) is 3.57. The average Bonchev–Trinajstić information content (AvgIpc) is 2.87. The Morgan fingerprint density at radius 3 is 2.17 bits per heavy atom. The number of ether oxygens (including phenoxy) is 2. The van der Waals surface area contributed by atoms with Gasteiger partial charge in [0, 0.05) is 26.9 Å². The predicted molar refractivity (Wildman–Crippen MR) is 138 cm³/mol. The standard InChI is InChI=1S/C27H38N4O5/c1-20(32)29-15-7-6-10-25(31-21(2)33)27(34)30-16-17-35-18-19-36-24-13-11-23(12-14-24)26(28)22-8-4-3-5-9-22/h3-5,8-9,11-14,25-26H,6-7,10,15-19,28H2,1-2H3,(H,29,32)(H,30,34)(H,31,33). The van der Waals surface area contributed by atoms with E-state index < -0.39 is 6.04 Å². The Morgan fingerprint density at radius 2 is 1.50 bits per heavy atom. The molecule has 2 aromatic rings. The van der Waals surface area contributed by atoms with Crippen LogP contribution in [0.3, 0.4) is 0 Å². The molecule has 0 bridgehead atoms. The van der Waals surface area contributed by atoms with E-state index in [-0.39, 0.29) is 23.8 Å². The maximum atomic E-state index is 12.4. The molecule has 0 saturated heterocycles. The molecule has 0 aromatic heterocycles. The van der Waals surface area contributed by atoms with E-state index in [9.17, 15) is 14.4 Å². The summed E-state index contributed by atoms with van der Waals surface area (Å²) in [6, 6.07) is 16.8. The van der Waals surface area contributed by atoms with Gasteiger partial charge in [-0.05, 0) is 42.5 Å². The van der Waals surface area contributed by atoms with Crippen molar-refractivity contribution < 1.29 is 23.9 Å². The van der Waals surface area contributed by atoms with Crippen molar-refractivity contribution in [3.63, 3.8) is 0 Å². The lowest BCUT2D eigenvalue weighted by Gasteiger charge is -2.17. The van der Waals surface area contributed by atoms with Crippen molar-refractivity contribution in [1.82, 2.24) is 16.0 Å². The highest BCUT2D eigenvalue weighted by Crippen LogP contribution is 2.21. The van der Waals surface area contributed by atoms with E-state index in [4.69, 9.17) is 15.2 Å². The van der Waals surface area contributed by atoms with Crippen molar-refractivity contribution in [2.75, 3.05) is 32.9 Å². The molecule has 2 unspecified atom stereocenters. The SMILES string of the molecule is CC(=O)NCCCCC(NC(C)=O)C(=O)NCCOCCOc1ccc(C(N)c2ccccc2)cc1. The van der Waals surface area contributed by atoms with Crippen LogP contribution in [0.1, 0.15) is 50.3 Å². The minimum absolute atomic E-state index is 0.0852. The molecule has 9 heteroatoms. The Labute approximate surface area is 213 Å². The summed E-state index contributed by atoms with van der Waals surface area (Å²) < 4.78 is 11.2. The number of hydrogen-bond donors (Lipinski definition) is 4. The largest absolute Gasteiger partial charge is 0.491 e. The van der Waals surface area contributed by atoms with E-state index in [0.717, 1.165) is 23.3 Å². The van der Waals surface area contributed by atoms with Gasteiger partial charge in [0.25, 0.3) is 0 Å². The number of amides is 3. The van der Waals surface area contributed by atoms with Crippen molar-refractivity contribution in [2.45, 2.75) is 45.2 Å². The van der Waals surface area contributed by atoms with Crippen LogP contribution >= 0.6 is 0 Å². The molecular formula is C27H38N4O5. The maximum absolute atomic E-state index is 12.4. The van der Waals surface area contributed by atoms with E-state index in [2.05, 4.69) is 16.0 Å². The molecule has 36 heavy (non-hydrogen) atoms. The molecule has 196 valence electrons. The highest BCUT2D eigenvalue weighted by molar-refractivity contribution is 5.86. The Balaban J connectivity index is 1.61. The van der Waals surface area contributed by atoms with E-state index in [1.165, 1.54) is 13.8 Å². The smallest absolute Gasteiger partial charge is 0.242 e. The van der Waals surface area contributed by atoms with Crippen LogP contribution in [0.4, 0.5) is 0 Å². The van der Waals surface area contributed by atoms with Gasteiger partial charge in [0.2, 0.25) is 17.7 Å². The molecule has 2 rings (SSSR count). The first-order valence-corrected chi connectivity index (χ1v) is 12.3. The zero-order valence-corrected chi connectivity index (χ0v) is 21.1. The molecule has 0 fully saturated rings. The van der Waals surface area contributed by atoms with E-state index in [0.29, 0.717) is 45.8 Å². The van der Waals surface area contributed by atoms with Crippen LogP contribution in [-0.4, -0.2) is 56.7 Å². The number of benzene rings is 2. The molecule has 0 aliphatic carbocycles. The first kappa shape index (κ1) is 28.8. The van der Waals surface area contributed by atoms with Crippen molar-refractivity contribution in [3.8, 4) is 5.75 Å². The minimum atomic E-state index is -0.610. The lowest BCUT2D eigenvalue weighted by atomic mass is 10.00. The molecule has 0 radical (unpaired) electrons. The Hall–Kier alpha value is -3.43. The van der Waals surface area contributed by atoms with Gasteiger partial charge in [-0.2, -0.15) is 0 Å². The summed E-state index contributed by atoms with van der Waals surface area (Å²) in [5.41, 5.74) is 8.38. The van der Waals surface area contributed by atoms with Gasteiger partial charge in [-0.25, -0.2) is 0 Å². The third-order valence-corrected chi connectivity index (χ3v) is 5.43. The molecule has 0 heterocycles. The van der Waals surface area contributed by atoms with Crippen molar-refractivity contribution >= 4 is 17.7 Å². The third-order valence-electron chi connectivity index (χ3n) is 5.43. The second-order valence-electron chi connectivity index (χ2n) is 8.44. The average molecular weight is 499 g/mol. The fraction of sp³-hybridized carbons (Fsp3) is 0.444. The van der Waals surface area contributed by atoms with Gasteiger partial charge in [-0.3, -0.25) is 14.4 Å². The summed E-state index contributed by atoms with van der Waals surface area (Å²) in [6.07, 6.45) is 1.93. The maximum Gasteiger partial charge on any atom is 0.242 e. The van der Waals surface area contributed by atoms with Gasteiger partial charge in [0.1, 0.15) is 18.4 Å². The van der Waals surface area contributed by atoms with Gasteiger partial charge in [-0.1, -0.05) is 42.5 Å². The van der Waals surface area contributed by atoms with Crippen LogP contribution in [0.25, 0.3) is 0 Å². The highest BCUT2D eigenvalue weighted by Gasteiger charge is 2.18. The second kappa shape index (κ2) is 16.3. The third kappa shape index (κ3) is 11.3. The van der Waals surface area contributed by atoms with Crippen molar-refractivity contribution in [2.24, 2.45) is 5.73 Å². The molecule has 0 saturated carbocycles. The Bertz CT molecular complexity index is 937. The second-order valence-corrected chi connectivity index (χ2v) is 8.44. The first-order chi connectivity index (χ1) is 17.4. The number of rotatable bonds is 16. The van der Waals surface area contributed by atoms with Gasteiger partial charge < -0.3 is 31.2 Å². The van der Waals surface area contributed by atoms with Crippen LogP contribution in [-0.2, 0) is 19.1 Å². The normalized spacial score (nSPS) is 12.3. The van der Waals surface area contributed by atoms with Crippen LogP contribution in [0.2, 0.25) is 0 Å². The summed E-state index contributed by atoms with van der Waals surface area (Å²) in [7, 11) is 0. The summed E-state index contributed by atoms with van der Waals surface area (Å²) in [5.74, 6) is 0.129. The van der Waals surface area contributed by atoms with Crippen molar-refractivity contribution in [1.29, 1.82) is 0 Å². The van der Waals surface area contributed by atoms with E-state index in [1.807, 2.05) is 54.6 Å². The fourth-order valence-corrected chi connectivity index (χ4v) is 3.57. The molecule has 3 amide bonds. The number of carbonyl (C=O) groups excluding carboxylic acids is 3. The van der Waals surface area contributed by atoms with Crippen LogP contribution in [0.5, 0.6) is 5.75 Å². The Morgan fingerprint density at radius 1 is 0.806 bits per heavy atom.